The molecule has 3 atom stereocenters. The van der Waals surface area contributed by atoms with Crippen LogP contribution in [0.2, 0.25) is 10.0 Å². The number of halogens is 2. The van der Waals surface area contributed by atoms with Gasteiger partial charge in [0.05, 0.1) is 16.1 Å². The van der Waals surface area contributed by atoms with Gasteiger partial charge in [-0.2, -0.15) is 0 Å². The fourth-order valence-electron chi connectivity index (χ4n) is 2.55. The first-order valence-corrected chi connectivity index (χ1v) is 6.63. The topological polar surface area (TPSA) is 21.3 Å². The smallest absolute Gasteiger partial charge is 0.0640 e. The number of benzene rings is 1. The Morgan fingerprint density at radius 1 is 1.41 bits per heavy atom. The Hall–Kier alpha value is -0.280. The summed E-state index contributed by atoms with van der Waals surface area (Å²) in [7, 11) is 1.95. The Morgan fingerprint density at radius 3 is 2.76 bits per heavy atom. The third-order valence-corrected chi connectivity index (χ3v) is 4.32. The van der Waals surface area contributed by atoms with Crippen molar-refractivity contribution in [3.8, 4) is 0 Å². The molecular weight excluding hydrogens is 257 g/mol. The van der Waals surface area contributed by atoms with E-state index in [0.717, 1.165) is 18.6 Å². The van der Waals surface area contributed by atoms with Crippen molar-refractivity contribution in [2.45, 2.75) is 25.5 Å². The zero-order valence-corrected chi connectivity index (χ0v) is 11.6. The third-order valence-electron chi connectivity index (χ3n) is 3.49. The molecule has 2 nitrogen and oxygen atoms in total. The summed E-state index contributed by atoms with van der Waals surface area (Å²) in [6, 6.07) is 5.97. The minimum atomic E-state index is 0.193. The largest absolute Gasteiger partial charge is 0.378 e. The third kappa shape index (κ3) is 2.60. The second-order valence-corrected chi connectivity index (χ2v) is 5.22. The molecule has 1 aliphatic rings. The van der Waals surface area contributed by atoms with Gasteiger partial charge in [0.1, 0.15) is 0 Å². The molecule has 0 saturated carbocycles. The van der Waals surface area contributed by atoms with Crippen molar-refractivity contribution in [2.24, 2.45) is 5.92 Å². The van der Waals surface area contributed by atoms with E-state index in [4.69, 9.17) is 27.9 Å². The molecule has 1 fully saturated rings. The molecular formula is C13H17Cl2NO. The lowest BCUT2D eigenvalue weighted by Gasteiger charge is -2.26. The van der Waals surface area contributed by atoms with E-state index in [1.807, 2.05) is 25.2 Å². The lowest BCUT2D eigenvalue weighted by Crippen LogP contribution is -2.29. The molecule has 1 heterocycles. The maximum Gasteiger partial charge on any atom is 0.0640 e. The Labute approximate surface area is 112 Å². The first kappa shape index (κ1) is 13.2. The van der Waals surface area contributed by atoms with E-state index in [-0.39, 0.29) is 12.1 Å². The summed E-state index contributed by atoms with van der Waals surface area (Å²) >= 11 is 12.3. The summed E-state index contributed by atoms with van der Waals surface area (Å²) in [6.07, 6.45) is 1.30. The SMILES string of the molecule is CNC(c1cccc(Cl)c1Cl)C1CCOC1C. The quantitative estimate of drug-likeness (QED) is 0.907. The van der Waals surface area contributed by atoms with E-state index in [1.165, 1.54) is 0 Å². The first-order valence-electron chi connectivity index (χ1n) is 5.88. The molecule has 0 aromatic heterocycles. The van der Waals surface area contributed by atoms with Crippen LogP contribution >= 0.6 is 23.2 Å². The Kier molecular flexibility index (Phi) is 4.31. The van der Waals surface area contributed by atoms with Gasteiger partial charge in [-0.15, -0.1) is 0 Å². The van der Waals surface area contributed by atoms with Gasteiger partial charge in [-0.25, -0.2) is 0 Å². The molecule has 0 spiro atoms. The maximum absolute atomic E-state index is 6.28. The van der Waals surface area contributed by atoms with Gasteiger partial charge < -0.3 is 10.1 Å². The molecule has 2 rings (SSSR count). The van der Waals surface area contributed by atoms with E-state index in [1.54, 1.807) is 0 Å². The zero-order chi connectivity index (χ0) is 12.4. The number of rotatable bonds is 3. The normalized spacial score (nSPS) is 26.1. The van der Waals surface area contributed by atoms with E-state index < -0.39 is 0 Å². The molecule has 17 heavy (non-hydrogen) atoms. The molecule has 1 saturated heterocycles. The molecule has 94 valence electrons. The van der Waals surface area contributed by atoms with Crippen LogP contribution < -0.4 is 5.32 Å². The van der Waals surface area contributed by atoms with Crippen LogP contribution in [0.25, 0.3) is 0 Å². The van der Waals surface area contributed by atoms with Gasteiger partial charge in [-0.3, -0.25) is 0 Å². The van der Waals surface area contributed by atoms with Gasteiger partial charge in [0.2, 0.25) is 0 Å². The van der Waals surface area contributed by atoms with Crippen molar-refractivity contribution in [3.63, 3.8) is 0 Å². The van der Waals surface area contributed by atoms with Crippen LogP contribution in [0.5, 0.6) is 0 Å². The predicted molar refractivity (Wildman–Crippen MR) is 71.8 cm³/mol. The van der Waals surface area contributed by atoms with E-state index in [9.17, 15) is 0 Å². The van der Waals surface area contributed by atoms with Crippen molar-refractivity contribution in [1.82, 2.24) is 5.32 Å². The summed E-state index contributed by atoms with van der Waals surface area (Å²) in [4.78, 5) is 0. The minimum absolute atomic E-state index is 0.193. The molecule has 0 radical (unpaired) electrons. The molecule has 0 amide bonds. The molecule has 1 N–H and O–H groups in total. The molecule has 0 bridgehead atoms. The number of hydrogen-bond acceptors (Lipinski definition) is 2. The second-order valence-electron chi connectivity index (χ2n) is 4.44. The highest BCUT2D eigenvalue weighted by Gasteiger charge is 2.33. The van der Waals surface area contributed by atoms with Crippen molar-refractivity contribution in [1.29, 1.82) is 0 Å². The van der Waals surface area contributed by atoms with Gasteiger partial charge >= 0.3 is 0 Å². The van der Waals surface area contributed by atoms with Crippen LogP contribution in [0.15, 0.2) is 18.2 Å². The lowest BCUT2D eigenvalue weighted by molar-refractivity contribution is 0.0963. The van der Waals surface area contributed by atoms with Crippen LogP contribution in [0.3, 0.4) is 0 Å². The number of ether oxygens (including phenoxy) is 1. The highest BCUT2D eigenvalue weighted by atomic mass is 35.5. The van der Waals surface area contributed by atoms with Gasteiger partial charge in [0.25, 0.3) is 0 Å². The maximum atomic E-state index is 6.28. The Balaban J connectivity index is 2.31. The minimum Gasteiger partial charge on any atom is -0.378 e. The van der Waals surface area contributed by atoms with Crippen molar-refractivity contribution >= 4 is 23.2 Å². The average Bonchev–Trinajstić information content (AvgIpc) is 2.72. The number of nitrogens with one attached hydrogen (secondary N) is 1. The average molecular weight is 274 g/mol. The summed E-state index contributed by atoms with van der Waals surface area (Å²) < 4.78 is 5.62. The van der Waals surface area contributed by atoms with Gasteiger partial charge in [0.15, 0.2) is 0 Å². The molecule has 3 unspecified atom stereocenters. The molecule has 1 aliphatic heterocycles. The first-order chi connectivity index (χ1) is 8.15. The summed E-state index contributed by atoms with van der Waals surface area (Å²) in [6.45, 7) is 2.93. The highest BCUT2D eigenvalue weighted by molar-refractivity contribution is 6.42. The predicted octanol–water partition coefficient (Wildman–Crippen LogP) is 3.68. The lowest BCUT2D eigenvalue weighted by atomic mass is 9.88. The van der Waals surface area contributed by atoms with Crippen molar-refractivity contribution < 1.29 is 4.74 Å². The standard InChI is InChI=1S/C13H17Cl2NO/c1-8-9(6-7-17-8)13(16-2)10-4-3-5-11(14)12(10)15/h3-5,8-9,13,16H,6-7H2,1-2H3. The number of hydrogen-bond donors (Lipinski definition) is 1. The van der Waals surface area contributed by atoms with Crippen molar-refractivity contribution in [3.05, 3.63) is 33.8 Å². The van der Waals surface area contributed by atoms with E-state index in [2.05, 4.69) is 12.2 Å². The molecule has 4 heteroatoms. The van der Waals surface area contributed by atoms with Crippen LogP contribution in [0, 0.1) is 5.92 Å². The van der Waals surface area contributed by atoms with Crippen LogP contribution in [-0.2, 0) is 4.74 Å². The molecule has 0 aliphatic carbocycles. The second kappa shape index (κ2) is 5.57. The zero-order valence-electron chi connectivity index (χ0n) is 10.0. The molecule has 1 aromatic rings. The summed E-state index contributed by atoms with van der Waals surface area (Å²) in [5, 5.41) is 4.59. The fraction of sp³-hybridized carbons (Fsp3) is 0.538. The Morgan fingerprint density at radius 2 is 2.18 bits per heavy atom. The molecule has 1 aromatic carbocycles. The van der Waals surface area contributed by atoms with Crippen LogP contribution in [-0.4, -0.2) is 19.8 Å². The van der Waals surface area contributed by atoms with Gasteiger partial charge in [0, 0.05) is 18.6 Å². The highest BCUT2D eigenvalue weighted by Crippen LogP contribution is 2.38. The van der Waals surface area contributed by atoms with Gasteiger partial charge in [-0.1, -0.05) is 35.3 Å². The van der Waals surface area contributed by atoms with E-state index in [0.29, 0.717) is 16.0 Å². The van der Waals surface area contributed by atoms with Gasteiger partial charge in [-0.05, 0) is 32.0 Å². The summed E-state index contributed by atoms with van der Waals surface area (Å²) in [5.74, 6) is 0.441. The monoisotopic (exact) mass is 273 g/mol. The summed E-state index contributed by atoms with van der Waals surface area (Å²) in [5.41, 5.74) is 1.06. The Bertz CT molecular complexity index is 397. The van der Waals surface area contributed by atoms with Crippen LogP contribution in [0.4, 0.5) is 0 Å². The van der Waals surface area contributed by atoms with Crippen molar-refractivity contribution in [2.75, 3.05) is 13.7 Å². The fourth-order valence-corrected chi connectivity index (χ4v) is 2.97. The van der Waals surface area contributed by atoms with E-state index >= 15 is 0 Å². The van der Waals surface area contributed by atoms with Crippen LogP contribution in [0.1, 0.15) is 24.9 Å².